The van der Waals surface area contributed by atoms with E-state index < -0.39 is 0 Å². The normalized spacial score (nSPS) is 11.9. The van der Waals surface area contributed by atoms with Crippen molar-refractivity contribution in [2.24, 2.45) is 0 Å². The van der Waals surface area contributed by atoms with Crippen LogP contribution in [-0.2, 0) is 14.3 Å². The van der Waals surface area contributed by atoms with Gasteiger partial charge < -0.3 is 19.9 Å². The lowest BCUT2D eigenvalue weighted by molar-refractivity contribution is -0.144. The van der Waals surface area contributed by atoms with Crippen molar-refractivity contribution in [1.29, 1.82) is 0 Å². The summed E-state index contributed by atoms with van der Waals surface area (Å²) in [4.78, 5) is 27.3. The minimum Gasteiger partial charge on any atom is -0.466 e. The van der Waals surface area contributed by atoms with Crippen LogP contribution < -0.4 is 10.2 Å². The molecular formula is C18H29N3O3. The maximum Gasteiger partial charge on any atom is 0.306 e. The van der Waals surface area contributed by atoms with Crippen molar-refractivity contribution in [1.82, 2.24) is 10.2 Å². The molecule has 0 aromatic heterocycles. The predicted octanol–water partition coefficient (Wildman–Crippen LogP) is 1.81. The maximum atomic E-state index is 11.9. The molecule has 6 nitrogen and oxygen atoms in total. The van der Waals surface area contributed by atoms with E-state index in [1.165, 1.54) is 0 Å². The Kier molecular flexibility index (Phi) is 8.26. The Morgan fingerprint density at radius 3 is 2.21 bits per heavy atom. The molecule has 0 saturated carbocycles. The van der Waals surface area contributed by atoms with E-state index in [1.807, 2.05) is 33.1 Å². The summed E-state index contributed by atoms with van der Waals surface area (Å²) in [5, 5.41) is 2.90. The number of rotatable bonds is 9. The summed E-state index contributed by atoms with van der Waals surface area (Å²) in [6.45, 7) is 2.59. The highest BCUT2D eigenvalue weighted by molar-refractivity contribution is 5.81. The first-order valence-electron chi connectivity index (χ1n) is 8.21. The zero-order valence-electron chi connectivity index (χ0n) is 15.3. The molecule has 1 atom stereocenters. The molecular weight excluding hydrogens is 306 g/mol. The second-order valence-electron chi connectivity index (χ2n) is 6.07. The van der Waals surface area contributed by atoms with Gasteiger partial charge in [-0.25, -0.2) is 0 Å². The fourth-order valence-corrected chi connectivity index (χ4v) is 2.34. The van der Waals surface area contributed by atoms with Gasteiger partial charge in [-0.05, 0) is 38.7 Å². The van der Waals surface area contributed by atoms with Gasteiger partial charge in [-0.15, -0.1) is 0 Å². The van der Waals surface area contributed by atoms with Gasteiger partial charge in [0.2, 0.25) is 5.91 Å². The van der Waals surface area contributed by atoms with E-state index in [9.17, 15) is 9.59 Å². The van der Waals surface area contributed by atoms with E-state index >= 15 is 0 Å². The number of esters is 1. The topological polar surface area (TPSA) is 61.9 Å². The lowest BCUT2D eigenvalue weighted by Gasteiger charge is -2.25. The number of ether oxygens (including phenoxy) is 1. The van der Waals surface area contributed by atoms with Gasteiger partial charge in [0.05, 0.1) is 19.1 Å². The zero-order valence-corrected chi connectivity index (χ0v) is 15.3. The van der Waals surface area contributed by atoms with Gasteiger partial charge in [0, 0.05) is 32.7 Å². The highest BCUT2D eigenvalue weighted by atomic mass is 16.5. The Morgan fingerprint density at radius 1 is 1.08 bits per heavy atom. The average molecular weight is 335 g/mol. The van der Waals surface area contributed by atoms with E-state index in [0.29, 0.717) is 13.2 Å². The summed E-state index contributed by atoms with van der Waals surface area (Å²) in [7, 11) is 7.97. The number of amides is 1. The standard InChI is InChI=1S/C18H29N3O3/c1-6-24-18(23)12-11-17(22)19-13-16(21(4)5)14-7-9-15(10-8-14)20(2)3/h7-10,16H,6,11-13H2,1-5H3,(H,19,22)/t16-/m1/s1. The summed E-state index contributed by atoms with van der Waals surface area (Å²) < 4.78 is 4.82. The lowest BCUT2D eigenvalue weighted by atomic mass is 10.1. The molecule has 1 rings (SSSR count). The number of nitrogens with zero attached hydrogens (tertiary/aromatic N) is 2. The summed E-state index contributed by atoms with van der Waals surface area (Å²) >= 11 is 0. The molecule has 0 saturated heterocycles. The average Bonchev–Trinajstić information content (AvgIpc) is 2.53. The van der Waals surface area contributed by atoms with Crippen LogP contribution in [0.3, 0.4) is 0 Å². The van der Waals surface area contributed by atoms with E-state index in [2.05, 4.69) is 34.5 Å². The number of hydrogen-bond donors (Lipinski definition) is 1. The summed E-state index contributed by atoms with van der Waals surface area (Å²) in [6, 6.07) is 8.35. The largest absolute Gasteiger partial charge is 0.466 e. The van der Waals surface area contributed by atoms with Crippen LogP contribution in [0.2, 0.25) is 0 Å². The quantitative estimate of drug-likeness (QED) is 0.698. The fourth-order valence-electron chi connectivity index (χ4n) is 2.34. The Hall–Kier alpha value is -2.08. The number of likely N-dealkylation sites (N-methyl/N-ethyl adjacent to an activating group) is 1. The van der Waals surface area contributed by atoms with Gasteiger partial charge in [-0.3, -0.25) is 9.59 Å². The van der Waals surface area contributed by atoms with Crippen LogP contribution in [0.15, 0.2) is 24.3 Å². The molecule has 6 heteroatoms. The van der Waals surface area contributed by atoms with Gasteiger partial charge in [-0.1, -0.05) is 12.1 Å². The fraction of sp³-hybridized carbons (Fsp3) is 0.556. The monoisotopic (exact) mass is 335 g/mol. The van der Waals surface area contributed by atoms with Crippen LogP contribution in [0.4, 0.5) is 5.69 Å². The van der Waals surface area contributed by atoms with Gasteiger partial charge >= 0.3 is 5.97 Å². The highest BCUT2D eigenvalue weighted by Gasteiger charge is 2.16. The molecule has 24 heavy (non-hydrogen) atoms. The highest BCUT2D eigenvalue weighted by Crippen LogP contribution is 2.20. The van der Waals surface area contributed by atoms with Crippen LogP contribution in [0.1, 0.15) is 31.4 Å². The zero-order chi connectivity index (χ0) is 18.1. The molecule has 1 aromatic carbocycles. The molecule has 0 unspecified atom stereocenters. The van der Waals surface area contributed by atoms with Crippen molar-refractivity contribution in [3.63, 3.8) is 0 Å². The number of benzene rings is 1. The van der Waals surface area contributed by atoms with Gasteiger partial charge in [-0.2, -0.15) is 0 Å². The molecule has 0 fully saturated rings. The summed E-state index contributed by atoms with van der Waals surface area (Å²) in [5.41, 5.74) is 2.27. The van der Waals surface area contributed by atoms with Crippen molar-refractivity contribution in [3.05, 3.63) is 29.8 Å². The van der Waals surface area contributed by atoms with Crippen molar-refractivity contribution in [3.8, 4) is 0 Å². The molecule has 1 N–H and O–H groups in total. The molecule has 0 aliphatic heterocycles. The number of carbonyl (C=O) groups is 2. The summed E-state index contributed by atoms with van der Waals surface area (Å²) in [6.07, 6.45) is 0.266. The predicted molar refractivity (Wildman–Crippen MR) is 96.1 cm³/mol. The second kappa shape index (κ2) is 9.93. The molecule has 0 aliphatic carbocycles. The van der Waals surface area contributed by atoms with Gasteiger partial charge in [0.1, 0.15) is 0 Å². The molecule has 0 heterocycles. The van der Waals surface area contributed by atoms with Crippen LogP contribution >= 0.6 is 0 Å². The van der Waals surface area contributed by atoms with Gasteiger partial charge in [0.15, 0.2) is 0 Å². The minimum atomic E-state index is -0.337. The Balaban J connectivity index is 2.57. The summed E-state index contributed by atoms with van der Waals surface area (Å²) in [5.74, 6) is -0.476. The van der Waals surface area contributed by atoms with Crippen LogP contribution in [-0.4, -0.2) is 58.1 Å². The van der Waals surface area contributed by atoms with Crippen LogP contribution in [0.5, 0.6) is 0 Å². The molecule has 0 bridgehead atoms. The van der Waals surface area contributed by atoms with Crippen molar-refractivity contribution in [2.45, 2.75) is 25.8 Å². The first kappa shape index (κ1) is 20.0. The molecule has 134 valence electrons. The number of carbonyl (C=O) groups excluding carboxylic acids is 2. The Labute approximate surface area is 144 Å². The van der Waals surface area contributed by atoms with Crippen molar-refractivity contribution < 1.29 is 14.3 Å². The Morgan fingerprint density at radius 2 is 1.71 bits per heavy atom. The second-order valence-corrected chi connectivity index (χ2v) is 6.07. The van der Waals surface area contributed by atoms with Crippen molar-refractivity contribution >= 4 is 17.6 Å². The third kappa shape index (κ3) is 6.58. The van der Waals surface area contributed by atoms with E-state index in [1.54, 1.807) is 6.92 Å². The smallest absolute Gasteiger partial charge is 0.306 e. The number of anilines is 1. The minimum absolute atomic E-state index is 0.0766. The molecule has 0 radical (unpaired) electrons. The van der Waals surface area contributed by atoms with E-state index in [4.69, 9.17) is 4.74 Å². The van der Waals surface area contributed by atoms with Crippen LogP contribution in [0, 0.1) is 0 Å². The molecule has 0 aliphatic rings. The molecule has 1 amide bonds. The maximum absolute atomic E-state index is 11.9. The van der Waals surface area contributed by atoms with Gasteiger partial charge in [0.25, 0.3) is 0 Å². The van der Waals surface area contributed by atoms with Crippen molar-refractivity contribution in [2.75, 3.05) is 46.2 Å². The first-order chi connectivity index (χ1) is 11.3. The number of nitrogens with one attached hydrogen (secondary N) is 1. The van der Waals surface area contributed by atoms with E-state index in [0.717, 1.165) is 11.3 Å². The van der Waals surface area contributed by atoms with E-state index in [-0.39, 0.29) is 30.8 Å². The van der Waals surface area contributed by atoms with Crippen LogP contribution in [0.25, 0.3) is 0 Å². The Bertz CT molecular complexity index is 527. The first-order valence-corrected chi connectivity index (χ1v) is 8.21. The molecule has 0 spiro atoms. The lowest BCUT2D eigenvalue weighted by Crippen LogP contribution is -2.34. The SMILES string of the molecule is CCOC(=O)CCC(=O)NC[C@H](c1ccc(N(C)C)cc1)N(C)C. The molecule has 1 aromatic rings. The number of hydrogen-bond acceptors (Lipinski definition) is 5. The third-order valence-electron chi connectivity index (χ3n) is 3.77. The third-order valence-corrected chi connectivity index (χ3v) is 3.77.